The monoisotopic (exact) mass is 724 g/mol. The van der Waals surface area contributed by atoms with Gasteiger partial charge in [0, 0.05) is 15.7 Å². The molecule has 0 saturated heterocycles. The highest BCUT2D eigenvalue weighted by atomic mass is 79.9. The first-order valence-corrected chi connectivity index (χ1v) is 15.5. The van der Waals surface area contributed by atoms with Gasteiger partial charge in [0.05, 0.1) is 38.7 Å². The van der Waals surface area contributed by atoms with Crippen molar-refractivity contribution in [2.24, 2.45) is 5.10 Å². The van der Waals surface area contributed by atoms with E-state index >= 15 is 0 Å². The van der Waals surface area contributed by atoms with Gasteiger partial charge in [-0.1, -0.05) is 12.1 Å². The normalized spacial score (nSPS) is 15.0. The number of urea groups is 1. The molecule has 0 spiro atoms. The fourth-order valence-corrected chi connectivity index (χ4v) is 5.29. The van der Waals surface area contributed by atoms with Crippen molar-refractivity contribution in [1.29, 1.82) is 0 Å². The molecule has 0 bridgehead atoms. The summed E-state index contributed by atoms with van der Waals surface area (Å²) in [6, 6.07) is 12.6. The first-order valence-electron chi connectivity index (χ1n) is 14.7. The number of allylic oxidation sites excluding steroid dienone is 1. The molecule has 15 heteroatoms. The fraction of sp³-hybridized carbons (Fsp3) is 0.273. The minimum atomic E-state index is -0.785. The van der Waals surface area contributed by atoms with Crippen LogP contribution in [0.3, 0.4) is 0 Å². The van der Waals surface area contributed by atoms with Gasteiger partial charge in [0.25, 0.3) is 5.91 Å². The van der Waals surface area contributed by atoms with Crippen molar-refractivity contribution in [1.82, 2.24) is 16.1 Å². The number of carbonyl (C=O) groups excluding carboxylic acids is 3. The van der Waals surface area contributed by atoms with Crippen molar-refractivity contribution in [3.8, 4) is 34.5 Å². The number of halogens is 1. The lowest BCUT2D eigenvalue weighted by Crippen LogP contribution is -2.45. The molecule has 48 heavy (non-hydrogen) atoms. The molecule has 0 unspecified atom stereocenters. The van der Waals surface area contributed by atoms with E-state index in [0.717, 1.165) is 5.56 Å². The average molecular weight is 726 g/mol. The van der Waals surface area contributed by atoms with Gasteiger partial charge in [-0.25, -0.2) is 15.0 Å². The number of benzene rings is 3. The third kappa shape index (κ3) is 7.91. The van der Waals surface area contributed by atoms with E-state index in [9.17, 15) is 14.4 Å². The number of hydrogen-bond donors (Lipinski definition) is 3. The highest BCUT2D eigenvalue weighted by molar-refractivity contribution is 9.10. The number of amides is 3. The van der Waals surface area contributed by atoms with Crippen LogP contribution in [0.5, 0.6) is 34.5 Å². The molecule has 1 atom stereocenters. The smallest absolute Gasteiger partial charge is 0.338 e. The van der Waals surface area contributed by atoms with E-state index in [1.54, 1.807) is 44.2 Å². The summed E-state index contributed by atoms with van der Waals surface area (Å²) in [4.78, 5) is 37.4. The van der Waals surface area contributed by atoms with Gasteiger partial charge in [-0.2, -0.15) is 5.10 Å². The number of nitrogens with one attached hydrogen (secondary N) is 3. The Morgan fingerprint density at radius 1 is 1.00 bits per heavy atom. The van der Waals surface area contributed by atoms with Crippen LogP contribution in [0.2, 0.25) is 0 Å². The van der Waals surface area contributed by atoms with E-state index < -0.39 is 23.9 Å². The van der Waals surface area contributed by atoms with Crippen LogP contribution < -0.4 is 44.5 Å². The van der Waals surface area contributed by atoms with Gasteiger partial charge in [0.2, 0.25) is 6.79 Å². The Hall–Kier alpha value is -5.44. The van der Waals surface area contributed by atoms with E-state index in [1.165, 1.54) is 20.4 Å². The highest BCUT2D eigenvalue weighted by Crippen LogP contribution is 2.37. The molecule has 3 amide bonds. The van der Waals surface area contributed by atoms with Crippen molar-refractivity contribution < 1.29 is 47.5 Å². The lowest BCUT2D eigenvalue weighted by molar-refractivity contribution is -0.139. The van der Waals surface area contributed by atoms with Crippen LogP contribution in [0.25, 0.3) is 0 Å². The largest absolute Gasteiger partial charge is 0.493 e. The van der Waals surface area contributed by atoms with Crippen LogP contribution in [0.15, 0.2) is 69.4 Å². The molecule has 0 radical (unpaired) electrons. The third-order valence-electron chi connectivity index (χ3n) is 7.15. The molecule has 5 rings (SSSR count). The second kappa shape index (κ2) is 15.4. The molecule has 3 aromatic carbocycles. The number of hydrogen-bond acceptors (Lipinski definition) is 11. The second-order valence-corrected chi connectivity index (χ2v) is 11.1. The Morgan fingerprint density at radius 2 is 1.77 bits per heavy atom. The molecule has 0 aliphatic carbocycles. The summed E-state index contributed by atoms with van der Waals surface area (Å²) in [5, 5.41) is 9.36. The van der Waals surface area contributed by atoms with Crippen LogP contribution in [0.1, 0.15) is 36.6 Å². The Balaban J connectivity index is 1.18. The van der Waals surface area contributed by atoms with Gasteiger partial charge >= 0.3 is 12.0 Å². The lowest BCUT2D eigenvalue weighted by atomic mass is 9.95. The summed E-state index contributed by atoms with van der Waals surface area (Å²) in [6.45, 7) is 3.59. The summed E-state index contributed by atoms with van der Waals surface area (Å²) >= 11 is 3.51. The number of ether oxygens (including phenoxy) is 7. The lowest BCUT2D eigenvalue weighted by Gasteiger charge is -2.28. The van der Waals surface area contributed by atoms with Gasteiger partial charge in [0.15, 0.2) is 41.1 Å². The Morgan fingerprint density at radius 3 is 2.54 bits per heavy atom. The van der Waals surface area contributed by atoms with Crippen LogP contribution in [-0.4, -0.2) is 58.3 Å². The summed E-state index contributed by atoms with van der Waals surface area (Å²) in [5.74, 6) is 1.80. The number of methoxy groups -OCH3 is 2. The number of rotatable bonds is 13. The van der Waals surface area contributed by atoms with Gasteiger partial charge in [-0.3, -0.25) is 4.79 Å². The minimum absolute atomic E-state index is 0.176. The van der Waals surface area contributed by atoms with Crippen molar-refractivity contribution in [2.45, 2.75) is 26.5 Å². The Labute approximate surface area is 284 Å². The molecule has 0 saturated carbocycles. The predicted octanol–water partition coefficient (Wildman–Crippen LogP) is 4.49. The van der Waals surface area contributed by atoms with Gasteiger partial charge in [-0.05, 0) is 77.3 Å². The van der Waals surface area contributed by atoms with Crippen LogP contribution in [0.4, 0.5) is 4.79 Å². The van der Waals surface area contributed by atoms with E-state index in [2.05, 4.69) is 37.1 Å². The van der Waals surface area contributed by atoms with Crippen LogP contribution >= 0.6 is 15.9 Å². The number of hydrazone groups is 1. The summed E-state index contributed by atoms with van der Waals surface area (Å²) in [5.41, 5.74) is 5.14. The predicted molar refractivity (Wildman–Crippen MR) is 176 cm³/mol. The Kier molecular flexibility index (Phi) is 10.9. The molecule has 252 valence electrons. The standard InChI is InChI=1S/C33H33BrN4O10/c1-5-44-32(40)30-18(2)36-33(41)37-31(30)20-7-9-23(25(11-20)42-3)46-16-29(39)38-35-14-21-12-26(43-4)28(13-22(21)34)45-15-19-6-8-24-27(10-19)48-17-47-24/h6-14,31H,5,15-17H2,1-4H3,(H,38,39)(H2,36,37,41)/b35-14-/t31-/m1/s1. The molecule has 2 heterocycles. The molecule has 14 nitrogen and oxygen atoms in total. The summed E-state index contributed by atoms with van der Waals surface area (Å²) in [7, 11) is 2.96. The number of fused-ring (bicyclic) bond motifs is 1. The molecule has 0 aromatic heterocycles. The molecular weight excluding hydrogens is 692 g/mol. The first-order chi connectivity index (χ1) is 23.2. The average Bonchev–Trinajstić information content (AvgIpc) is 3.55. The topological polar surface area (TPSA) is 164 Å². The maximum absolute atomic E-state index is 12.6. The quantitative estimate of drug-likeness (QED) is 0.130. The van der Waals surface area contributed by atoms with Crippen molar-refractivity contribution in [2.75, 3.05) is 34.2 Å². The number of carbonyl (C=O) groups is 3. The second-order valence-electron chi connectivity index (χ2n) is 10.3. The maximum Gasteiger partial charge on any atom is 0.338 e. The first kappa shape index (κ1) is 33.9. The van der Waals surface area contributed by atoms with Crippen LogP contribution in [0, 0.1) is 0 Å². The number of nitrogens with zero attached hydrogens (tertiary/aromatic N) is 1. The molecule has 3 aromatic rings. The minimum Gasteiger partial charge on any atom is -0.493 e. The number of esters is 1. The zero-order valence-corrected chi connectivity index (χ0v) is 28.1. The molecular formula is C33H33BrN4O10. The van der Waals surface area contributed by atoms with E-state index in [0.29, 0.717) is 44.3 Å². The zero-order valence-electron chi connectivity index (χ0n) is 26.5. The molecule has 0 fully saturated rings. The third-order valence-corrected chi connectivity index (χ3v) is 7.84. The van der Waals surface area contributed by atoms with Crippen molar-refractivity contribution in [3.05, 3.63) is 81.0 Å². The zero-order chi connectivity index (χ0) is 34.2. The SMILES string of the molecule is CCOC(=O)C1=C(C)NC(=O)N[C@@H]1c1ccc(OCC(=O)N/N=C\c2cc(OC)c(OCc3ccc4c(c3)OCO4)cc2Br)c(OC)c1. The summed E-state index contributed by atoms with van der Waals surface area (Å²) in [6.07, 6.45) is 1.45. The van der Waals surface area contributed by atoms with Gasteiger partial charge in [-0.15, -0.1) is 0 Å². The summed E-state index contributed by atoms with van der Waals surface area (Å²) < 4.78 is 39.2. The van der Waals surface area contributed by atoms with E-state index in [4.69, 9.17) is 33.2 Å². The van der Waals surface area contributed by atoms with Crippen LogP contribution in [-0.2, 0) is 20.9 Å². The van der Waals surface area contributed by atoms with Gasteiger partial charge < -0.3 is 43.8 Å². The fourth-order valence-electron chi connectivity index (χ4n) is 4.87. The molecule has 2 aliphatic heterocycles. The highest BCUT2D eigenvalue weighted by Gasteiger charge is 2.32. The Bertz CT molecular complexity index is 1780. The molecule has 3 N–H and O–H groups in total. The van der Waals surface area contributed by atoms with E-state index in [-0.39, 0.29) is 43.7 Å². The maximum atomic E-state index is 12.6. The van der Waals surface area contributed by atoms with Crippen molar-refractivity contribution in [3.63, 3.8) is 0 Å². The van der Waals surface area contributed by atoms with E-state index in [1.807, 2.05) is 18.2 Å². The van der Waals surface area contributed by atoms with Gasteiger partial charge in [0.1, 0.15) is 6.61 Å². The van der Waals surface area contributed by atoms with Crippen molar-refractivity contribution >= 4 is 40.1 Å². The molecule has 2 aliphatic rings.